The largest absolute Gasteiger partial charge is 0.467 e. The Balaban J connectivity index is 2.49. The molecular weight excluding hydrogens is 190 g/mol. The van der Waals surface area contributed by atoms with E-state index in [4.69, 9.17) is 4.74 Å². The molecule has 0 amide bonds. The van der Waals surface area contributed by atoms with Gasteiger partial charge in [0, 0.05) is 5.56 Å². The fourth-order valence-electron chi connectivity index (χ4n) is 1.21. The first-order valence-electron chi connectivity index (χ1n) is 4.53. The second-order valence-electron chi connectivity index (χ2n) is 2.98. The van der Waals surface area contributed by atoms with Gasteiger partial charge in [-0.1, -0.05) is 24.3 Å². The van der Waals surface area contributed by atoms with Crippen LogP contribution in [0.5, 0.6) is 6.01 Å². The molecule has 2 aromatic rings. The first kappa shape index (κ1) is 9.58. The fraction of sp³-hybridized carbons (Fsp3) is 0.182. The summed E-state index contributed by atoms with van der Waals surface area (Å²) < 4.78 is 4.99. The normalized spacial score (nSPS) is 10.0. The van der Waals surface area contributed by atoms with Gasteiger partial charge in [0.1, 0.15) is 5.82 Å². The third-order valence-electron chi connectivity index (χ3n) is 1.89. The summed E-state index contributed by atoms with van der Waals surface area (Å²) in [6.45, 7) is 1.81. The predicted molar refractivity (Wildman–Crippen MR) is 55.4 cm³/mol. The van der Waals surface area contributed by atoms with E-state index in [0.717, 1.165) is 5.56 Å². The number of hydrogen-bond donors (Lipinski definition) is 0. The molecule has 1 radical (unpaired) electrons. The number of ether oxygens (including phenoxy) is 1. The minimum Gasteiger partial charge on any atom is -0.467 e. The lowest BCUT2D eigenvalue weighted by Gasteiger charge is -2.03. The van der Waals surface area contributed by atoms with Crippen LogP contribution in [0, 0.1) is 13.0 Å². The highest BCUT2D eigenvalue weighted by Gasteiger charge is 2.05. The van der Waals surface area contributed by atoms with E-state index in [-0.39, 0.29) is 0 Å². The highest BCUT2D eigenvalue weighted by atomic mass is 16.5. The molecule has 0 aliphatic carbocycles. The van der Waals surface area contributed by atoms with Crippen molar-refractivity contribution in [2.24, 2.45) is 0 Å². The van der Waals surface area contributed by atoms with E-state index >= 15 is 0 Å². The van der Waals surface area contributed by atoms with Crippen LogP contribution in [0.4, 0.5) is 0 Å². The van der Waals surface area contributed by atoms with Crippen LogP contribution in [0.25, 0.3) is 11.4 Å². The topological polar surface area (TPSA) is 47.9 Å². The van der Waals surface area contributed by atoms with Gasteiger partial charge in [-0.25, -0.2) is 4.98 Å². The molecule has 0 bridgehead atoms. The number of benzene rings is 1. The number of hydrogen-bond acceptors (Lipinski definition) is 4. The maximum Gasteiger partial charge on any atom is 0.319 e. The summed E-state index contributed by atoms with van der Waals surface area (Å²) in [7, 11) is 1.54. The van der Waals surface area contributed by atoms with Gasteiger partial charge < -0.3 is 4.74 Å². The molecule has 0 atom stereocenters. The van der Waals surface area contributed by atoms with E-state index in [1.807, 2.05) is 31.2 Å². The Morgan fingerprint density at radius 3 is 2.53 bits per heavy atom. The molecule has 1 heterocycles. The van der Waals surface area contributed by atoms with Gasteiger partial charge in [-0.15, -0.1) is 0 Å². The Bertz CT molecular complexity index is 457. The van der Waals surface area contributed by atoms with Crippen molar-refractivity contribution < 1.29 is 4.74 Å². The molecule has 1 aromatic heterocycles. The molecule has 2 rings (SSSR count). The lowest BCUT2D eigenvalue weighted by molar-refractivity contribution is 0.377. The van der Waals surface area contributed by atoms with E-state index in [9.17, 15) is 0 Å². The summed E-state index contributed by atoms with van der Waals surface area (Å²) in [5.41, 5.74) is 0.928. The molecule has 1 aromatic carbocycles. The number of aryl methyl sites for hydroxylation is 1. The zero-order valence-electron chi connectivity index (χ0n) is 8.56. The molecule has 0 saturated carbocycles. The summed E-state index contributed by atoms with van der Waals surface area (Å²) in [6, 6.07) is 10.7. The quantitative estimate of drug-likeness (QED) is 0.739. The van der Waals surface area contributed by atoms with E-state index in [2.05, 4.69) is 21.0 Å². The Hall–Kier alpha value is -1.97. The predicted octanol–water partition coefficient (Wildman–Crippen LogP) is 1.66. The van der Waals surface area contributed by atoms with Crippen LogP contribution in [-0.2, 0) is 0 Å². The average Bonchev–Trinajstić information content (AvgIpc) is 2.29. The zero-order chi connectivity index (χ0) is 10.7. The van der Waals surface area contributed by atoms with Gasteiger partial charge in [-0.05, 0) is 13.0 Å². The molecule has 4 nitrogen and oxygen atoms in total. The minimum atomic E-state index is 0.338. The Morgan fingerprint density at radius 2 is 1.87 bits per heavy atom. The van der Waals surface area contributed by atoms with Crippen molar-refractivity contribution in [3.63, 3.8) is 0 Å². The molecule has 0 fully saturated rings. The lowest BCUT2D eigenvalue weighted by atomic mass is 10.2. The van der Waals surface area contributed by atoms with Crippen LogP contribution < -0.4 is 4.74 Å². The molecule has 4 heteroatoms. The second kappa shape index (κ2) is 4.04. The van der Waals surface area contributed by atoms with Gasteiger partial charge in [-0.3, -0.25) is 0 Å². The van der Waals surface area contributed by atoms with Crippen LogP contribution in [0.2, 0.25) is 0 Å². The van der Waals surface area contributed by atoms with Gasteiger partial charge in [0.2, 0.25) is 0 Å². The molecule has 0 spiro atoms. The van der Waals surface area contributed by atoms with E-state index in [1.54, 1.807) is 0 Å². The van der Waals surface area contributed by atoms with Crippen molar-refractivity contribution in [1.29, 1.82) is 0 Å². The van der Waals surface area contributed by atoms with Crippen LogP contribution in [0.15, 0.2) is 24.3 Å². The van der Waals surface area contributed by atoms with Crippen LogP contribution >= 0.6 is 0 Å². The lowest BCUT2D eigenvalue weighted by Crippen LogP contribution is -1.99. The van der Waals surface area contributed by atoms with Crippen molar-refractivity contribution in [2.75, 3.05) is 7.11 Å². The van der Waals surface area contributed by atoms with Crippen LogP contribution in [0.1, 0.15) is 5.82 Å². The fourth-order valence-corrected chi connectivity index (χ4v) is 1.21. The number of rotatable bonds is 2. The SMILES string of the molecule is COc1nc(C)nc(-c2cc[c]cc2)n1. The second-order valence-corrected chi connectivity index (χ2v) is 2.98. The third kappa shape index (κ3) is 2.10. The van der Waals surface area contributed by atoms with Gasteiger partial charge in [0.15, 0.2) is 5.82 Å². The molecule has 0 saturated heterocycles. The van der Waals surface area contributed by atoms with E-state index in [0.29, 0.717) is 17.7 Å². The van der Waals surface area contributed by atoms with Crippen LogP contribution in [-0.4, -0.2) is 22.1 Å². The Morgan fingerprint density at radius 1 is 1.13 bits per heavy atom. The summed E-state index contributed by atoms with van der Waals surface area (Å²) in [6.07, 6.45) is 0. The average molecular weight is 200 g/mol. The summed E-state index contributed by atoms with van der Waals surface area (Å²) in [5, 5.41) is 0. The van der Waals surface area contributed by atoms with Gasteiger partial charge in [0.25, 0.3) is 0 Å². The Labute approximate surface area is 88.0 Å². The number of methoxy groups -OCH3 is 1. The molecular formula is C11H10N3O. The molecule has 0 aliphatic heterocycles. The zero-order valence-corrected chi connectivity index (χ0v) is 8.56. The van der Waals surface area contributed by atoms with Crippen molar-refractivity contribution in [2.45, 2.75) is 6.92 Å². The van der Waals surface area contributed by atoms with Gasteiger partial charge in [-0.2, -0.15) is 9.97 Å². The standard InChI is InChI=1S/C11H10N3O/c1-8-12-10(14-11(13-8)15-2)9-6-4-3-5-7-9/h4-7H,1-2H3. The molecule has 75 valence electrons. The number of aromatic nitrogens is 3. The third-order valence-corrected chi connectivity index (χ3v) is 1.89. The van der Waals surface area contributed by atoms with Gasteiger partial charge in [0.05, 0.1) is 7.11 Å². The van der Waals surface area contributed by atoms with Crippen LogP contribution in [0.3, 0.4) is 0 Å². The van der Waals surface area contributed by atoms with Gasteiger partial charge >= 0.3 is 6.01 Å². The summed E-state index contributed by atoms with van der Waals surface area (Å²) >= 11 is 0. The Kier molecular flexibility index (Phi) is 2.58. The smallest absolute Gasteiger partial charge is 0.319 e. The van der Waals surface area contributed by atoms with Crippen molar-refractivity contribution in [1.82, 2.24) is 15.0 Å². The monoisotopic (exact) mass is 200 g/mol. The maximum atomic E-state index is 4.99. The van der Waals surface area contributed by atoms with Crippen molar-refractivity contribution in [3.05, 3.63) is 36.2 Å². The first-order valence-corrected chi connectivity index (χ1v) is 4.53. The van der Waals surface area contributed by atoms with E-state index < -0.39 is 0 Å². The van der Waals surface area contributed by atoms with Crippen molar-refractivity contribution in [3.8, 4) is 17.4 Å². The molecule has 0 N–H and O–H groups in total. The maximum absolute atomic E-state index is 4.99. The highest BCUT2D eigenvalue weighted by molar-refractivity contribution is 5.54. The summed E-state index contributed by atoms with van der Waals surface area (Å²) in [5.74, 6) is 1.26. The minimum absolute atomic E-state index is 0.338. The highest BCUT2D eigenvalue weighted by Crippen LogP contribution is 2.15. The van der Waals surface area contributed by atoms with Crippen molar-refractivity contribution >= 4 is 0 Å². The van der Waals surface area contributed by atoms with E-state index in [1.165, 1.54) is 7.11 Å². The number of nitrogens with zero attached hydrogens (tertiary/aromatic N) is 3. The molecule has 0 unspecified atom stereocenters. The summed E-state index contributed by atoms with van der Waals surface area (Å²) in [4.78, 5) is 12.4. The first-order chi connectivity index (χ1) is 7.29. The molecule has 15 heavy (non-hydrogen) atoms. The molecule has 0 aliphatic rings.